The second-order valence-electron chi connectivity index (χ2n) is 4.98. The van der Waals surface area contributed by atoms with Crippen molar-refractivity contribution in [1.29, 1.82) is 0 Å². The van der Waals surface area contributed by atoms with E-state index in [9.17, 15) is 4.79 Å². The molecule has 0 atom stereocenters. The third kappa shape index (κ3) is 3.33. The number of ether oxygens (including phenoxy) is 2. The first kappa shape index (κ1) is 14.7. The number of hydrogen-bond donors (Lipinski definition) is 1. The molecule has 0 bridgehead atoms. The molecule has 2 amide bonds. The number of amides is 2. The zero-order chi connectivity index (χ0) is 15.5. The maximum atomic E-state index is 12.2. The average molecular weight is 363 g/mol. The van der Waals surface area contributed by atoms with Crippen LogP contribution >= 0.6 is 15.9 Å². The molecule has 2 aromatic carbocycles. The average Bonchev–Trinajstić information content (AvgIpc) is 2.97. The molecule has 0 unspecified atom stereocenters. The van der Waals surface area contributed by atoms with Crippen molar-refractivity contribution in [3.8, 4) is 11.5 Å². The summed E-state index contributed by atoms with van der Waals surface area (Å²) < 4.78 is 11.6. The summed E-state index contributed by atoms with van der Waals surface area (Å²) in [6.07, 6.45) is 0. The number of fused-ring (bicyclic) bond motifs is 1. The van der Waals surface area contributed by atoms with E-state index in [1.54, 1.807) is 30.1 Å². The van der Waals surface area contributed by atoms with Crippen molar-refractivity contribution in [1.82, 2.24) is 4.90 Å². The molecule has 5 nitrogen and oxygen atoms in total. The zero-order valence-corrected chi connectivity index (χ0v) is 13.6. The number of rotatable bonds is 3. The van der Waals surface area contributed by atoms with Crippen molar-refractivity contribution < 1.29 is 14.3 Å². The standard InChI is InChI=1S/C16H15BrN2O3/c1-19(9-11-2-4-12(17)5-3-11)16(20)18-13-6-7-14-15(8-13)22-10-21-14/h2-8H,9-10H2,1H3,(H,18,20). The van der Waals surface area contributed by atoms with Gasteiger partial charge in [-0.25, -0.2) is 4.79 Å². The first-order valence-corrected chi connectivity index (χ1v) is 7.57. The van der Waals surface area contributed by atoms with Gasteiger partial charge in [-0.3, -0.25) is 0 Å². The van der Waals surface area contributed by atoms with Gasteiger partial charge in [-0.05, 0) is 29.8 Å². The number of benzene rings is 2. The van der Waals surface area contributed by atoms with Gasteiger partial charge in [0, 0.05) is 29.8 Å². The van der Waals surface area contributed by atoms with Crippen molar-refractivity contribution in [3.63, 3.8) is 0 Å². The molecule has 0 saturated heterocycles. The second kappa shape index (κ2) is 6.27. The molecular formula is C16H15BrN2O3. The minimum absolute atomic E-state index is 0.179. The van der Waals surface area contributed by atoms with Crippen LogP contribution in [0.5, 0.6) is 11.5 Å². The number of carbonyl (C=O) groups excluding carboxylic acids is 1. The Hall–Kier alpha value is -2.21. The molecule has 0 aliphatic carbocycles. The Bertz CT molecular complexity index is 688. The topological polar surface area (TPSA) is 50.8 Å². The van der Waals surface area contributed by atoms with Gasteiger partial charge >= 0.3 is 6.03 Å². The maximum absolute atomic E-state index is 12.2. The number of carbonyl (C=O) groups is 1. The first-order valence-electron chi connectivity index (χ1n) is 6.78. The lowest BCUT2D eigenvalue weighted by Crippen LogP contribution is -2.30. The van der Waals surface area contributed by atoms with E-state index in [4.69, 9.17) is 9.47 Å². The van der Waals surface area contributed by atoms with Crippen LogP contribution in [0.2, 0.25) is 0 Å². The van der Waals surface area contributed by atoms with Crippen molar-refractivity contribution in [2.75, 3.05) is 19.2 Å². The first-order chi connectivity index (χ1) is 10.6. The van der Waals surface area contributed by atoms with Crippen LogP contribution in [-0.2, 0) is 6.54 Å². The monoisotopic (exact) mass is 362 g/mol. The third-order valence-corrected chi connectivity index (χ3v) is 3.83. The molecule has 1 N–H and O–H groups in total. The fraction of sp³-hybridized carbons (Fsp3) is 0.188. The summed E-state index contributed by atoms with van der Waals surface area (Å²) in [5, 5.41) is 2.85. The molecule has 22 heavy (non-hydrogen) atoms. The largest absolute Gasteiger partial charge is 0.454 e. The fourth-order valence-corrected chi connectivity index (χ4v) is 2.39. The Morgan fingerprint density at radius 2 is 1.91 bits per heavy atom. The summed E-state index contributed by atoms with van der Waals surface area (Å²) in [5.41, 5.74) is 1.74. The quantitative estimate of drug-likeness (QED) is 0.902. The number of anilines is 1. The molecule has 1 aliphatic rings. The summed E-state index contributed by atoms with van der Waals surface area (Å²) in [7, 11) is 1.75. The Morgan fingerprint density at radius 1 is 1.18 bits per heavy atom. The minimum Gasteiger partial charge on any atom is -0.454 e. The lowest BCUT2D eigenvalue weighted by Gasteiger charge is -2.18. The molecule has 0 radical (unpaired) electrons. The number of nitrogens with zero attached hydrogens (tertiary/aromatic N) is 1. The van der Waals surface area contributed by atoms with Gasteiger partial charge in [-0.1, -0.05) is 28.1 Å². The van der Waals surface area contributed by atoms with E-state index in [1.165, 1.54) is 0 Å². The lowest BCUT2D eigenvalue weighted by molar-refractivity contribution is 0.174. The molecule has 0 spiro atoms. The van der Waals surface area contributed by atoms with E-state index in [2.05, 4.69) is 21.2 Å². The number of urea groups is 1. The van der Waals surface area contributed by atoms with Crippen molar-refractivity contribution in [2.24, 2.45) is 0 Å². The van der Waals surface area contributed by atoms with E-state index >= 15 is 0 Å². The summed E-state index contributed by atoms with van der Waals surface area (Å²) >= 11 is 3.39. The van der Waals surface area contributed by atoms with Gasteiger partial charge in [0.1, 0.15) is 0 Å². The van der Waals surface area contributed by atoms with Gasteiger partial charge in [0.05, 0.1) is 0 Å². The van der Waals surface area contributed by atoms with Crippen LogP contribution in [0.25, 0.3) is 0 Å². The predicted molar refractivity (Wildman–Crippen MR) is 87.2 cm³/mol. The highest BCUT2D eigenvalue weighted by Crippen LogP contribution is 2.34. The molecule has 3 rings (SSSR count). The van der Waals surface area contributed by atoms with Crippen LogP contribution in [0, 0.1) is 0 Å². The Kier molecular flexibility index (Phi) is 4.20. The minimum atomic E-state index is -0.179. The Labute approximate surface area is 137 Å². The fourth-order valence-electron chi connectivity index (χ4n) is 2.13. The smallest absolute Gasteiger partial charge is 0.321 e. The highest BCUT2D eigenvalue weighted by atomic mass is 79.9. The molecule has 1 heterocycles. The number of halogens is 1. The van der Waals surface area contributed by atoms with Crippen LogP contribution < -0.4 is 14.8 Å². The predicted octanol–water partition coefficient (Wildman–Crippen LogP) is 3.84. The summed E-state index contributed by atoms with van der Waals surface area (Å²) in [4.78, 5) is 13.8. The normalized spacial score (nSPS) is 12.1. The molecule has 2 aromatic rings. The molecule has 1 aliphatic heterocycles. The molecule has 0 aromatic heterocycles. The van der Waals surface area contributed by atoms with Gasteiger partial charge in [0.2, 0.25) is 6.79 Å². The highest BCUT2D eigenvalue weighted by molar-refractivity contribution is 9.10. The van der Waals surface area contributed by atoms with Crippen LogP contribution in [0.1, 0.15) is 5.56 Å². The second-order valence-corrected chi connectivity index (χ2v) is 5.90. The number of hydrogen-bond acceptors (Lipinski definition) is 3. The van der Waals surface area contributed by atoms with Gasteiger partial charge < -0.3 is 19.7 Å². The van der Waals surface area contributed by atoms with Crippen LogP contribution in [-0.4, -0.2) is 24.8 Å². The van der Waals surface area contributed by atoms with Gasteiger partial charge in [0.15, 0.2) is 11.5 Å². The van der Waals surface area contributed by atoms with Gasteiger partial charge in [-0.15, -0.1) is 0 Å². The molecule has 0 saturated carbocycles. The van der Waals surface area contributed by atoms with Gasteiger partial charge in [-0.2, -0.15) is 0 Å². The molecule has 114 valence electrons. The summed E-state index contributed by atoms with van der Waals surface area (Å²) in [6.45, 7) is 0.750. The summed E-state index contributed by atoms with van der Waals surface area (Å²) in [6, 6.07) is 13.0. The van der Waals surface area contributed by atoms with Gasteiger partial charge in [0.25, 0.3) is 0 Å². The van der Waals surface area contributed by atoms with Crippen LogP contribution in [0.15, 0.2) is 46.9 Å². The van der Waals surface area contributed by atoms with Crippen molar-refractivity contribution in [2.45, 2.75) is 6.54 Å². The lowest BCUT2D eigenvalue weighted by atomic mass is 10.2. The molecule has 6 heteroatoms. The van der Waals surface area contributed by atoms with Crippen molar-refractivity contribution in [3.05, 3.63) is 52.5 Å². The van der Waals surface area contributed by atoms with E-state index in [0.717, 1.165) is 10.0 Å². The van der Waals surface area contributed by atoms with E-state index in [1.807, 2.05) is 24.3 Å². The SMILES string of the molecule is CN(Cc1ccc(Br)cc1)C(=O)Nc1ccc2c(c1)OCO2. The Balaban J connectivity index is 1.62. The third-order valence-electron chi connectivity index (χ3n) is 3.30. The summed E-state index contributed by atoms with van der Waals surface area (Å²) in [5.74, 6) is 1.34. The van der Waals surface area contributed by atoms with Crippen molar-refractivity contribution >= 4 is 27.6 Å². The highest BCUT2D eigenvalue weighted by Gasteiger charge is 2.15. The molecule has 0 fully saturated rings. The number of nitrogens with one attached hydrogen (secondary N) is 1. The Morgan fingerprint density at radius 3 is 2.68 bits per heavy atom. The van der Waals surface area contributed by atoms with Crippen LogP contribution in [0.4, 0.5) is 10.5 Å². The van der Waals surface area contributed by atoms with Crippen LogP contribution in [0.3, 0.4) is 0 Å². The van der Waals surface area contributed by atoms with E-state index < -0.39 is 0 Å². The van der Waals surface area contributed by atoms with E-state index in [0.29, 0.717) is 23.7 Å². The zero-order valence-electron chi connectivity index (χ0n) is 12.0. The van der Waals surface area contributed by atoms with E-state index in [-0.39, 0.29) is 12.8 Å². The maximum Gasteiger partial charge on any atom is 0.321 e. The molecular weight excluding hydrogens is 348 g/mol.